The molecule has 4 aromatic rings. The zero-order chi connectivity index (χ0) is 33.6. The Balaban J connectivity index is 1.46. The molecule has 48 heavy (non-hydrogen) atoms. The van der Waals surface area contributed by atoms with Gasteiger partial charge in [0.15, 0.2) is 6.29 Å². The highest BCUT2D eigenvalue weighted by molar-refractivity contribution is 7.86. The lowest BCUT2D eigenvalue weighted by atomic mass is 9.96. The molecule has 1 aliphatic rings. The van der Waals surface area contributed by atoms with Gasteiger partial charge in [0.1, 0.15) is 18.3 Å². The zero-order valence-electron chi connectivity index (χ0n) is 27.6. The summed E-state index contributed by atoms with van der Waals surface area (Å²) in [4.78, 5) is 0. The predicted octanol–water partition coefficient (Wildman–Crippen LogP) is 7.08. The molecule has 0 bridgehead atoms. The topological polar surface area (TPSA) is 89.5 Å². The lowest BCUT2D eigenvalue weighted by Gasteiger charge is -2.46. The molecule has 5 rings (SSSR count). The van der Waals surface area contributed by atoms with E-state index in [0.29, 0.717) is 6.61 Å². The molecular formula is C39H46O8S. The molecule has 9 heteroatoms. The maximum atomic E-state index is 13.0. The summed E-state index contributed by atoms with van der Waals surface area (Å²) in [6.45, 7) is 5.05. The molecule has 0 saturated carbocycles. The van der Waals surface area contributed by atoms with Gasteiger partial charge in [0.2, 0.25) is 0 Å². The van der Waals surface area contributed by atoms with Crippen LogP contribution in [0.3, 0.4) is 0 Å². The van der Waals surface area contributed by atoms with Crippen molar-refractivity contribution >= 4 is 10.1 Å². The summed E-state index contributed by atoms with van der Waals surface area (Å²) in [6, 6.07) is 39.4. The van der Waals surface area contributed by atoms with E-state index in [0.717, 1.165) is 22.3 Å². The van der Waals surface area contributed by atoms with E-state index in [1.807, 2.05) is 135 Å². The smallest absolute Gasteiger partial charge is 0.267 e. The van der Waals surface area contributed by atoms with Crippen LogP contribution in [0.4, 0.5) is 0 Å². The van der Waals surface area contributed by atoms with Crippen molar-refractivity contribution in [3.8, 4) is 0 Å². The van der Waals surface area contributed by atoms with Crippen LogP contribution in [0.5, 0.6) is 0 Å². The van der Waals surface area contributed by atoms with Gasteiger partial charge in [-0.05, 0) is 34.6 Å². The number of hydrogen-bond donors (Lipinski definition) is 0. The average Bonchev–Trinajstić information content (AvgIpc) is 3.12. The third-order valence-electron chi connectivity index (χ3n) is 7.94. The third-order valence-corrected chi connectivity index (χ3v) is 9.17. The largest absolute Gasteiger partial charge is 0.368 e. The summed E-state index contributed by atoms with van der Waals surface area (Å²) in [5.74, 6) is -0.177. The summed E-state index contributed by atoms with van der Waals surface area (Å²) in [5, 5.41) is 0. The lowest BCUT2D eigenvalue weighted by Crippen LogP contribution is -2.61. The Kier molecular flexibility index (Phi) is 13.7. The van der Waals surface area contributed by atoms with E-state index < -0.39 is 40.8 Å². The van der Waals surface area contributed by atoms with Crippen molar-refractivity contribution < 1.29 is 36.3 Å². The molecule has 1 saturated heterocycles. The SMILES string of the molecule is CC(C)COS(=O)(=O)CC[C@H]1O[C@@H](OCc2ccccc2)[C@H](OCc2ccccc2)[C@@H](OCc2ccccc2)[C@@H]1OCc1ccccc1. The summed E-state index contributed by atoms with van der Waals surface area (Å²) < 4.78 is 64.3. The minimum Gasteiger partial charge on any atom is -0.368 e. The molecule has 8 nitrogen and oxygen atoms in total. The summed E-state index contributed by atoms with van der Waals surface area (Å²) >= 11 is 0. The van der Waals surface area contributed by atoms with Crippen molar-refractivity contribution in [2.45, 2.75) is 77.4 Å². The second kappa shape index (κ2) is 18.4. The monoisotopic (exact) mass is 674 g/mol. The molecule has 1 aliphatic heterocycles. The van der Waals surface area contributed by atoms with Crippen LogP contribution in [0, 0.1) is 5.92 Å². The molecule has 0 aliphatic carbocycles. The van der Waals surface area contributed by atoms with Gasteiger partial charge in [0.25, 0.3) is 10.1 Å². The van der Waals surface area contributed by atoms with Crippen molar-refractivity contribution in [2.24, 2.45) is 5.92 Å². The van der Waals surface area contributed by atoms with Gasteiger partial charge in [-0.15, -0.1) is 0 Å². The van der Waals surface area contributed by atoms with E-state index in [9.17, 15) is 8.42 Å². The zero-order valence-corrected chi connectivity index (χ0v) is 28.5. The number of hydrogen-bond acceptors (Lipinski definition) is 8. The number of benzene rings is 4. The van der Waals surface area contributed by atoms with E-state index in [4.69, 9.17) is 27.9 Å². The van der Waals surface area contributed by atoms with Crippen molar-refractivity contribution in [2.75, 3.05) is 12.4 Å². The quantitative estimate of drug-likeness (QED) is 0.104. The fraction of sp³-hybridized carbons (Fsp3) is 0.385. The van der Waals surface area contributed by atoms with Crippen LogP contribution in [0.1, 0.15) is 42.5 Å². The van der Waals surface area contributed by atoms with Gasteiger partial charge in [-0.3, -0.25) is 4.18 Å². The van der Waals surface area contributed by atoms with Gasteiger partial charge < -0.3 is 23.7 Å². The normalized spacial score (nSPS) is 21.4. The Labute approximate surface area is 285 Å². The first kappa shape index (κ1) is 35.9. The predicted molar refractivity (Wildman–Crippen MR) is 184 cm³/mol. The van der Waals surface area contributed by atoms with Crippen LogP contribution in [0.25, 0.3) is 0 Å². The first-order chi connectivity index (χ1) is 23.4. The summed E-state index contributed by atoms with van der Waals surface area (Å²) in [5.41, 5.74) is 3.90. The molecule has 0 N–H and O–H groups in total. The van der Waals surface area contributed by atoms with E-state index in [1.165, 1.54) is 0 Å². The summed E-state index contributed by atoms with van der Waals surface area (Å²) in [6.07, 6.45) is -3.53. The minimum absolute atomic E-state index is 0.0710. The van der Waals surface area contributed by atoms with E-state index >= 15 is 0 Å². The van der Waals surface area contributed by atoms with Crippen molar-refractivity contribution in [3.05, 3.63) is 144 Å². The fourth-order valence-corrected chi connectivity index (χ4v) is 6.54. The van der Waals surface area contributed by atoms with Crippen LogP contribution >= 0.6 is 0 Å². The van der Waals surface area contributed by atoms with Crippen LogP contribution < -0.4 is 0 Å². The maximum absolute atomic E-state index is 13.0. The van der Waals surface area contributed by atoms with Crippen molar-refractivity contribution in [1.29, 1.82) is 0 Å². The average molecular weight is 675 g/mol. The van der Waals surface area contributed by atoms with Crippen LogP contribution in [0.2, 0.25) is 0 Å². The molecule has 0 radical (unpaired) electrons. The Hall–Kier alpha value is -3.41. The molecule has 256 valence electrons. The fourth-order valence-electron chi connectivity index (χ4n) is 5.42. The van der Waals surface area contributed by atoms with Gasteiger partial charge in [-0.2, -0.15) is 8.42 Å². The Bertz CT molecular complexity index is 1570. The van der Waals surface area contributed by atoms with Crippen molar-refractivity contribution in [3.63, 3.8) is 0 Å². The third kappa shape index (κ3) is 11.3. The van der Waals surface area contributed by atoms with E-state index in [2.05, 4.69) is 0 Å². The highest BCUT2D eigenvalue weighted by Gasteiger charge is 2.49. The second-order valence-electron chi connectivity index (χ2n) is 12.4. The highest BCUT2D eigenvalue weighted by atomic mass is 32.2. The van der Waals surface area contributed by atoms with Gasteiger partial charge in [-0.1, -0.05) is 135 Å². The summed E-state index contributed by atoms with van der Waals surface area (Å²) in [7, 11) is -3.82. The maximum Gasteiger partial charge on any atom is 0.267 e. The first-order valence-corrected chi connectivity index (χ1v) is 18.1. The number of rotatable bonds is 18. The lowest BCUT2D eigenvalue weighted by molar-refractivity contribution is -0.325. The molecule has 1 fully saturated rings. The van der Waals surface area contributed by atoms with Crippen LogP contribution in [-0.2, 0) is 64.4 Å². The molecule has 0 aromatic heterocycles. The molecule has 5 atom stereocenters. The highest BCUT2D eigenvalue weighted by Crippen LogP contribution is 2.33. The Morgan fingerprint density at radius 1 is 0.562 bits per heavy atom. The van der Waals surface area contributed by atoms with E-state index in [1.54, 1.807) is 0 Å². The van der Waals surface area contributed by atoms with Crippen LogP contribution in [0.15, 0.2) is 121 Å². The van der Waals surface area contributed by atoms with Crippen molar-refractivity contribution in [1.82, 2.24) is 0 Å². The molecule has 4 aromatic carbocycles. The molecule has 0 unspecified atom stereocenters. The van der Waals surface area contributed by atoms with Gasteiger partial charge in [0.05, 0.1) is 44.9 Å². The number of ether oxygens (including phenoxy) is 5. The molecule has 1 heterocycles. The van der Waals surface area contributed by atoms with E-state index in [-0.39, 0.29) is 44.5 Å². The Morgan fingerprint density at radius 3 is 1.40 bits per heavy atom. The molecular weight excluding hydrogens is 628 g/mol. The minimum atomic E-state index is -3.82. The Morgan fingerprint density at radius 2 is 0.958 bits per heavy atom. The molecule has 0 amide bonds. The molecule has 0 spiro atoms. The van der Waals surface area contributed by atoms with Gasteiger partial charge in [0, 0.05) is 0 Å². The standard InChI is InChI=1S/C39H46O8S/c1-30(2)25-46-48(40,41)24-23-35-36(42-26-31-15-7-3-8-16-31)37(43-27-32-17-9-4-10-18-32)38(44-28-33-19-11-5-12-20-33)39(47-35)45-29-34-21-13-6-14-22-34/h3-22,30,35-39H,23-29H2,1-2H3/t35-,36-,37+,38-,39-/m1/s1. The second-order valence-corrected chi connectivity index (χ2v) is 14.1. The van der Waals surface area contributed by atoms with Crippen LogP contribution in [-0.4, -0.2) is 51.5 Å². The van der Waals surface area contributed by atoms with Gasteiger partial charge in [-0.25, -0.2) is 0 Å². The first-order valence-electron chi connectivity index (χ1n) is 16.5. The van der Waals surface area contributed by atoms with Gasteiger partial charge >= 0.3 is 0 Å².